The van der Waals surface area contributed by atoms with Gasteiger partial charge in [-0.25, -0.2) is 4.98 Å². The van der Waals surface area contributed by atoms with Gasteiger partial charge < -0.3 is 11.1 Å². The predicted molar refractivity (Wildman–Crippen MR) is 81.8 cm³/mol. The summed E-state index contributed by atoms with van der Waals surface area (Å²) in [6.07, 6.45) is 2.15. The maximum atomic E-state index is 12.1. The van der Waals surface area contributed by atoms with Gasteiger partial charge in [-0.05, 0) is 43.2 Å². The first kappa shape index (κ1) is 14.1. The third-order valence-corrected chi connectivity index (χ3v) is 3.06. The quantitative estimate of drug-likeness (QED) is 0.895. The summed E-state index contributed by atoms with van der Waals surface area (Å²) < 4.78 is 0. The van der Waals surface area contributed by atoms with E-state index in [0.29, 0.717) is 5.56 Å². The van der Waals surface area contributed by atoms with E-state index in [9.17, 15) is 4.79 Å². The molecule has 20 heavy (non-hydrogen) atoms. The molecule has 0 saturated carbocycles. The van der Waals surface area contributed by atoms with Crippen LogP contribution in [0.25, 0.3) is 0 Å². The van der Waals surface area contributed by atoms with Gasteiger partial charge in [-0.3, -0.25) is 4.79 Å². The van der Waals surface area contributed by atoms with Crippen molar-refractivity contribution in [2.24, 2.45) is 0 Å². The summed E-state index contributed by atoms with van der Waals surface area (Å²) in [4.78, 5) is 16.2. The van der Waals surface area contributed by atoms with Crippen molar-refractivity contribution in [1.82, 2.24) is 4.98 Å². The highest BCUT2D eigenvalue weighted by molar-refractivity contribution is 6.07. The topological polar surface area (TPSA) is 68.0 Å². The number of amides is 1. The lowest BCUT2D eigenvalue weighted by atomic mass is 10.1. The summed E-state index contributed by atoms with van der Waals surface area (Å²) in [5.74, 6) is 0.0170. The van der Waals surface area contributed by atoms with E-state index in [1.165, 1.54) is 5.56 Å². The molecule has 0 atom stereocenters. The number of nitrogen functional groups attached to an aromatic ring is 1. The van der Waals surface area contributed by atoms with E-state index >= 15 is 0 Å². The van der Waals surface area contributed by atoms with Gasteiger partial charge in [0.15, 0.2) is 0 Å². The Hall–Kier alpha value is -2.36. The number of anilines is 2. The lowest BCUT2D eigenvalue weighted by molar-refractivity contribution is 0.102. The van der Waals surface area contributed by atoms with Gasteiger partial charge in [0.05, 0.1) is 5.56 Å². The number of nitrogens with one attached hydrogen (secondary N) is 1. The molecule has 1 aromatic carbocycles. The first-order valence-electron chi connectivity index (χ1n) is 6.73. The second-order valence-electron chi connectivity index (χ2n) is 4.79. The van der Waals surface area contributed by atoms with Crippen molar-refractivity contribution in [3.8, 4) is 0 Å². The molecule has 1 heterocycles. The minimum absolute atomic E-state index is 0.238. The number of pyridine rings is 1. The first-order chi connectivity index (χ1) is 9.60. The second kappa shape index (κ2) is 6.19. The van der Waals surface area contributed by atoms with Crippen LogP contribution < -0.4 is 11.1 Å². The lowest BCUT2D eigenvalue weighted by Crippen LogP contribution is -2.15. The fourth-order valence-corrected chi connectivity index (χ4v) is 2.01. The van der Waals surface area contributed by atoms with Gasteiger partial charge in [0.2, 0.25) is 0 Å². The average molecular weight is 269 g/mol. The van der Waals surface area contributed by atoms with Crippen LogP contribution in [0.4, 0.5) is 11.5 Å². The smallest absolute Gasteiger partial charge is 0.259 e. The minimum Gasteiger partial charge on any atom is -0.383 e. The Morgan fingerprint density at radius 1 is 1.20 bits per heavy atom. The van der Waals surface area contributed by atoms with Gasteiger partial charge in [-0.2, -0.15) is 0 Å². The average Bonchev–Trinajstić information content (AvgIpc) is 2.41. The Kier molecular flexibility index (Phi) is 4.35. The Bertz CT molecular complexity index is 606. The van der Waals surface area contributed by atoms with Crippen LogP contribution in [0, 0.1) is 6.92 Å². The van der Waals surface area contributed by atoms with Crippen LogP contribution >= 0.6 is 0 Å². The first-order valence-corrected chi connectivity index (χ1v) is 6.73. The van der Waals surface area contributed by atoms with E-state index in [1.54, 1.807) is 12.1 Å². The third kappa shape index (κ3) is 3.35. The molecule has 0 radical (unpaired) electrons. The number of rotatable bonds is 4. The molecule has 0 aliphatic rings. The van der Waals surface area contributed by atoms with Crippen molar-refractivity contribution in [2.45, 2.75) is 26.7 Å². The molecule has 4 heteroatoms. The number of nitrogens with two attached hydrogens (primary N) is 1. The Morgan fingerprint density at radius 3 is 2.50 bits per heavy atom. The summed E-state index contributed by atoms with van der Waals surface area (Å²) in [6, 6.07) is 11.3. The summed E-state index contributed by atoms with van der Waals surface area (Å²) >= 11 is 0. The maximum Gasteiger partial charge on any atom is 0.259 e. The van der Waals surface area contributed by atoms with Crippen LogP contribution in [0.3, 0.4) is 0 Å². The largest absolute Gasteiger partial charge is 0.383 e. The molecule has 0 bridgehead atoms. The molecule has 0 fully saturated rings. The highest BCUT2D eigenvalue weighted by atomic mass is 16.1. The Morgan fingerprint density at radius 2 is 1.90 bits per heavy atom. The molecule has 1 aromatic heterocycles. The van der Waals surface area contributed by atoms with Crippen molar-refractivity contribution in [1.29, 1.82) is 0 Å². The zero-order valence-electron chi connectivity index (χ0n) is 11.8. The molecular formula is C16H19N3O. The van der Waals surface area contributed by atoms with Gasteiger partial charge >= 0.3 is 0 Å². The molecule has 1 amide bonds. The van der Waals surface area contributed by atoms with E-state index in [-0.39, 0.29) is 11.7 Å². The second-order valence-corrected chi connectivity index (χ2v) is 4.79. The number of benzene rings is 1. The molecule has 0 aliphatic heterocycles. The molecule has 104 valence electrons. The van der Waals surface area contributed by atoms with Gasteiger partial charge in [0.25, 0.3) is 5.91 Å². The molecule has 2 rings (SSSR count). The molecule has 0 saturated heterocycles. The van der Waals surface area contributed by atoms with Crippen LogP contribution in [0.5, 0.6) is 0 Å². The maximum absolute atomic E-state index is 12.1. The number of aromatic nitrogens is 1. The zero-order chi connectivity index (χ0) is 14.5. The van der Waals surface area contributed by atoms with Crippen LogP contribution in [0.2, 0.25) is 0 Å². The van der Waals surface area contributed by atoms with Gasteiger partial charge in [-0.15, -0.1) is 0 Å². The van der Waals surface area contributed by atoms with Crippen molar-refractivity contribution >= 4 is 17.4 Å². The van der Waals surface area contributed by atoms with Crippen molar-refractivity contribution in [3.05, 3.63) is 53.2 Å². The number of aryl methyl sites for hydroxylation is 2. The van der Waals surface area contributed by atoms with E-state index in [1.807, 2.05) is 31.2 Å². The summed E-state index contributed by atoms with van der Waals surface area (Å²) in [7, 11) is 0. The highest BCUT2D eigenvalue weighted by Gasteiger charge is 2.10. The zero-order valence-corrected chi connectivity index (χ0v) is 11.8. The number of hydrogen-bond donors (Lipinski definition) is 2. The van der Waals surface area contributed by atoms with E-state index < -0.39 is 0 Å². The fourth-order valence-electron chi connectivity index (χ4n) is 2.01. The van der Waals surface area contributed by atoms with Gasteiger partial charge in [0.1, 0.15) is 5.82 Å². The van der Waals surface area contributed by atoms with Crippen LogP contribution in [-0.2, 0) is 6.42 Å². The van der Waals surface area contributed by atoms with Crippen molar-refractivity contribution < 1.29 is 4.79 Å². The van der Waals surface area contributed by atoms with Crippen molar-refractivity contribution in [3.63, 3.8) is 0 Å². The normalized spacial score (nSPS) is 10.3. The van der Waals surface area contributed by atoms with E-state index in [0.717, 1.165) is 24.2 Å². The molecular weight excluding hydrogens is 250 g/mol. The minimum atomic E-state index is -0.238. The summed E-state index contributed by atoms with van der Waals surface area (Å²) in [5, 5.41) is 2.83. The SMILES string of the molecule is CCCc1ccc(NC(=O)c2ccc(C)nc2N)cc1. The molecule has 3 N–H and O–H groups in total. The molecule has 0 unspecified atom stereocenters. The Balaban J connectivity index is 2.11. The van der Waals surface area contributed by atoms with Crippen molar-refractivity contribution in [2.75, 3.05) is 11.1 Å². The molecule has 0 spiro atoms. The number of carbonyl (C=O) groups excluding carboxylic acids is 1. The third-order valence-electron chi connectivity index (χ3n) is 3.06. The van der Waals surface area contributed by atoms with Gasteiger partial charge in [0, 0.05) is 11.4 Å². The van der Waals surface area contributed by atoms with Crippen LogP contribution in [0.15, 0.2) is 36.4 Å². The molecule has 0 aliphatic carbocycles. The fraction of sp³-hybridized carbons (Fsp3) is 0.250. The molecule has 2 aromatic rings. The monoisotopic (exact) mass is 269 g/mol. The number of hydrogen-bond acceptors (Lipinski definition) is 3. The van der Waals surface area contributed by atoms with Crippen LogP contribution in [-0.4, -0.2) is 10.9 Å². The lowest BCUT2D eigenvalue weighted by Gasteiger charge is -2.08. The van der Waals surface area contributed by atoms with E-state index in [4.69, 9.17) is 5.73 Å². The highest BCUT2D eigenvalue weighted by Crippen LogP contribution is 2.15. The number of nitrogens with zero attached hydrogens (tertiary/aromatic N) is 1. The summed E-state index contributed by atoms with van der Waals surface area (Å²) in [5.41, 5.74) is 8.98. The van der Waals surface area contributed by atoms with Gasteiger partial charge in [-0.1, -0.05) is 25.5 Å². The summed E-state index contributed by atoms with van der Waals surface area (Å²) in [6.45, 7) is 3.98. The Labute approximate surface area is 119 Å². The predicted octanol–water partition coefficient (Wildman–Crippen LogP) is 3.18. The van der Waals surface area contributed by atoms with E-state index in [2.05, 4.69) is 17.2 Å². The molecule has 4 nitrogen and oxygen atoms in total. The van der Waals surface area contributed by atoms with Crippen LogP contribution in [0.1, 0.15) is 35.0 Å². The number of carbonyl (C=O) groups is 1. The standard InChI is InChI=1S/C16H19N3O/c1-3-4-12-6-8-13(9-7-12)19-16(20)14-10-5-11(2)18-15(14)17/h5-10H,3-4H2,1-2H3,(H2,17,18)(H,19,20).